The van der Waals surface area contributed by atoms with Gasteiger partial charge >= 0.3 is 0 Å². The number of benzene rings is 2. The van der Waals surface area contributed by atoms with Gasteiger partial charge in [0.05, 0.1) is 11.4 Å². The summed E-state index contributed by atoms with van der Waals surface area (Å²) >= 11 is 1.69. The van der Waals surface area contributed by atoms with Crippen LogP contribution in [0.1, 0.15) is 12.5 Å². The van der Waals surface area contributed by atoms with E-state index < -0.39 is 0 Å². The molecule has 0 amide bonds. The highest BCUT2D eigenvalue weighted by atomic mass is 32.2. The Hall–Kier alpha value is -1.61. The minimum atomic E-state index is 0.635. The van der Waals surface area contributed by atoms with Gasteiger partial charge in [0.15, 0.2) is 0 Å². The molecule has 0 radical (unpaired) electrons. The minimum Gasteiger partial charge on any atom is -0.397 e. The quantitative estimate of drug-likeness (QED) is 0.812. The summed E-state index contributed by atoms with van der Waals surface area (Å²) in [5, 5.41) is 0. The maximum atomic E-state index is 5.78. The number of hydrogen-bond acceptors (Lipinski definition) is 3. The van der Waals surface area contributed by atoms with Crippen molar-refractivity contribution in [3.05, 3.63) is 48.0 Å². The first-order valence-electron chi connectivity index (χ1n) is 5.61. The molecule has 2 aromatic rings. The zero-order valence-electron chi connectivity index (χ0n) is 9.81. The van der Waals surface area contributed by atoms with Crippen LogP contribution < -0.4 is 11.5 Å². The second-order valence-corrected chi connectivity index (χ2v) is 5.04. The van der Waals surface area contributed by atoms with Crippen molar-refractivity contribution in [3.8, 4) is 0 Å². The summed E-state index contributed by atoms with van der Waals surface area (Å²) in [6.45, 7) is 2.16. The lowest BCUT2D eigenvalue weighted by atomic mass is 10.2. The van der Waals surface area contributed by atoms with E-state index in [1.165, 1.54) is 10.5 Å². The normalized spacial score (nSPS) is 10.4. The number of hydrogen-bond donors (Lipinski definition) is 2. The molecule has 17 heavy (non-hydrogen) atoms. The lowest BCUT2D eigenvalue weighted by Crippen LogP contribution is -1.93. The third-order valence-electron chi connectivity index (χ3n) is 2.63. The SMILES string of the molecule is CCc1ccc(Sc2ccc(N)c(N)c2)cc1. The molecule has 88 valence electrons. The fourth-order valence-electron chi connectivity index (χ4n) is 1.55. The molecular formula is C14H16N2S. The van der Waals surface area contributed by atoms with E-state index in [-0.39, 0.29) is 0 Å². The summed E-state index contributed by atoms with van der Waals surface area (Å²) in [4.78, 5) is 2.33. The van der Waals surface area contributed by atoms with Crippen LogP contribution in [-0.4, -0.2) is 0 Å². The van der Waals surface area contributed by atoms with Gasteiger partial charge < -0.3 is 11.5 Å². The highest BCUT2D eigenvalue weighted by molar-refractivity contribution is 7.99. The lowest BCUT2D eigenvalue weighted by Gasteiger charge is -2.05. The highest BCUT2D eigenvalue weighted by Crippen LogP contribution is 2.30. The van der Waals surface area contributed by atoms with Crippen molar-refractivity contribution in [2.24, 2.45) is 0 Å². The predicted molar refractivity (Wildman–Crippen MR) is 75.2 cm³/mol. The van der Waals surface area contributed by atoms with Crippen molar-refractivity contribution in [1.82, 2.24) is 0 Å². The van der Waals surface area contributed by atoms with Gasteiger partial charge in [-0.25, -0.2) is 0 Å². The Morgan fingerprint density at radius 2 is 1.53 bits per heavy atom. The van der Waals surface area contributed by atoms with Crippen molar-refractivity contribution in [1.29, 1.82) is 0 Å². The van der Waals surface area contributed by atoms with E-state index in [1.54, 1.807) is 11.8 Å². The molecule has 0 fully saturated rings. The molecule has 2 nitrogen and oxygen atoms in total. The first-order valence-corrected chi connectivity index (χ1v) is 6.42. The van der Waals surface area contributed by atoms with Crippen LogP contribution in [0.15, 0.2) is 52.3 Å². The molecule has 2 rings (SSSR count). The Labute approximate surface area is 106 Å². The van der Waals surface area contributed by atoms with Crippen LogP contribution in [0.5, 0.6) is 0 Å². The number of nitrogens with two attached hydrogens (primary N) is 2. The molecule has 0 aliphatic rings. The van der Waals surface area contributed by atoms with Gasteiger partial charge in [0, 0.05) is 9.79 Å². The summed E-state index contributed by atoms with van der Waals surface area (Å²) in [5.41, 5.74) is 14.1. The van der Waals surface area contributed by atoms with Gasteiger partial charge in [0.2, 0.25) is 0 Å². The van der Waals surface area contributed by atoms with Gasteiger partial charge in [-0.15, -0.1) is 0 Å². The summed E-state index contributed by atoms with van der Waals surface area (Å²) in [5.74, 6) is 0. The van der Waals surface area contributed by atoms with E-state index in [1.807, 2.05) is 18.2 Å². The molecular weight excluding hydrogens is 228 g/mol. The molecule has 0 atom stereocenters. The van der Waals surface area contributed by atoms with E-state index in [2.05, 4.69) is 31.2 Å². The Bertz CT molecular complexity index is 506. The van der Waals surface area contributed by atoms with E-state index >= 15 is 0 Å². The Kier molecular flexibility index (Phi) is 3.59. The maximum absolute atomic E-state index is 5.78. The average Bonchev–Trinajstić information content (AvgIpc) is 2.35. The zero-order chi connectivity index (χ0) is 12.3. The lowest BCUT2D eigenvalue weighted by molar-refractivity contribution is 1.13. The fourth-order valence-corrected chi connectivity index (χ4v) is 2.41. The molecule has 0 spiro atoms. The first kappa shape index (κ1) is 11.9. The van der Waals surface area contributed by atoms with E-state index in [4.69, 9.17) is 11.5 Å². The second kappa shape index (κ2) is 5.15. The van der Waals surface area contributed by atoms with Gasteiger partial charge in [-0.1, -0.05) is 30.8 Å². The van der Waals surface area contributed by atoms with Crippen LogP contribution in [0.25, 0.3) is 0 Å². The van der Waals surface area contributed by atoms with Crippen molar-refractivity contribution in [2.45, 2.75) is 23.1 Å². The van der Waals surface area contributed by atoms with Crippen molar-refractivity contribution < 1.29 is 0 Å². The molecule has 0 saturated carbocycles. The smallest absolute Gasteiger partial charge is 0.0559 e. The molecule has 3 heteroatoms. The van der Waals surface area contributed by atoms with Gasteiger partial charge in [-0.2, -0.15) is 0 Å². The zero-order valence-corrected chi connectivity index (χ0v) is 10.6. The largest absolute Gasteiger partial charge is 0.397 e. The molecule has 0 aliphatic heterocycles. The Morgan fingerprint density at radius 1 is 0.882 bits per heavy atom. The van der Waals surface area contributed by atoms with E-state index in [0.717, 1.165) is 11.3 Å². The van der Waals surface area contributed by atoms with Crippen molar-refractivity contribution >= 4 is 23.1 Å². The third-order valence-corrected chi connectivity index (χ3v) is 3.62. The molecule has 0 unspecified atom stereocenters. The average molecular weight is 244 g/mol. The summed E-state index contributed by atoms with van der Waals surface area (Å²) in [7, 11) is 0. The Morgan fingerprint density at radius 3 is 2.12 bits per heavy atom. The van der Waals surface area contributed by atoms with Gasteiger partial charge in [-0.3, -0.25) is 0 Å². The van der Waals surface area contributed by atoms with Crippen molar-refractivity contribution in [3.63, 3.8) is 0 Å². The van der Waals surface area contributed by atoms with Crippen LogP contribution in [0.3, 0.4) is 0 Å². The number of rotatable bonds is 3. The minimum absolute atomic E-state index is 0.635. The van der Waals surface area contributed by atoms with Crippen molar-refractivity contribution in [2.75, 3.05) is 11.5 Å². The number of aryl methyl sites for hydroxylation is 1. The topological polar surface area (TPSA) is 52.0 Å². The predicted octanol–water partition coefficient (Wildman–Crippen LogP) is 3.56. The Balaban J connectivity index is 2.16. The summed E-state index contributed by atoms with van der Waals surface area (Å²) in [6.07, 6.45) is 1.07. The number of anilines is 2. The first-order chi connectivity index (χ1) is 8.19. The standard InChI is InChI=1S/C14H16N2S/c1-2-10-3-5-11(6-4-10)17-12-7-8-13(15)14(16)9-12/h3-9H,2,15-16H2,1H3. The molecule has 0 aliphatic carbocycles. The summed E-state index contributed by atoms with van der Waals surface area (Å²) < 4.78 is 0. The van der Waals surface area contributed by atoms with Crippen LogP contribution in [0.4, 0.5) is 11.4 Å². The van der Waals surface area contributed by atoms with Gasteiger partial charge in [0.25, 0.3) is 0 Å². The summed E-state index contributed by atoms with van der Waals surface area (Å²) in [6, 6.07) is 14.3. The third kappa shape index (κ3) is 2.94. The van der Waals surface area contributed by atoms with Crippen LogP contribution in [0.2, 0.25) is 0 Å². The number of nitrogen functional groups attached to an aromatic ring is 2. The molecule has 2 aromatic carbocycles. The maximum Gasteiger partial charge on any atom is 0.0559 e. The molecule has 4 N–H and O–H groups in total. The van der Waals surface area contributed by atoms with Gasteiger partial charge in [0.1, 0.15) is 0 Å². The molecule has 0 heterocycles. The fraction of sp³-hybridized carbons (Fsp3) is 0.143. The molecule has 0 bridgehead atoms. The molecule has 0 saturated heterocycles. The van der Waals surface area contributed by atoms with Crippen LogP contribution in [-0.2, 0) is 6.42 Å². The van der Waals surface area contributed by atoms with Crippen LogP contribution in [0, 0.1) is 0 Å². The van der Waals surface area contributed by atoms with Gasteiger partial charge in [-0.05, 0) is 42.3 Å². The highest BCUT2D eigenvalue weighted by Gasteiger charge is 2.00. The van der Waals surface area contributed by atoms with E-state index in [9.17, 15) is 0 Å². The monoisotopic (exact) mass is 244 g/mol. The molecule has 0 aromatic heterocycles. The van der Waals surface area contributed by atoms with Crippen LogP contribution >= 0.6 is 11.8 Å². The second-order valence-electron chi connectivity index (χ2n) is 3.89. The van der Waals surface area contributed by atoms with E-state index in [0.29, 0.717) is 11.4 Å².